The molecule has 98 valence electrons. The van der Waals surface area contributed by atoms with E-state index in [0.29, 0.717) is 4.99 Å². The molecular formula is C13H18N2OS2. The van der Waals surface area contributed by atoms with Gasteiger partial charge >= 0.3 is 0 Å². The third-order valence-corrected chi connectivity index (χ3v) is 4.08. The monoisotopic (exact) mass is 282 g/mol. The molecule has 0 aromatic heterocycles. The molecule has 1 atom stereocenters. The molecule has 0 spiro atoms. The topological polar surface area (TPSA) is 38.5 Å². The van der Waals surface area contributed by atoms with E-state index >= 15 is 0 Å². The first-order valence-corrected chi connectivity index (χ1v) is 7.60. The molecule has 1 unspecified atom stereocenters. The molecule has 18 heavy (non-hydrogen) atoms. The van der Waals surface area contributed by atoms with Gasteiger partial charge < -0.3 is 10.5 Å². The van der Waals surface area contributed by atoms with Gasteiger partial charge in [0.05, 0.1) is 24.2 Å². The van der Waals surface area contributed by atoms with Crippen LogP contribution >= 0.6 is 24.0 Å². The summed E-state index contributed by atoms with van der Waals surface area (Å²) in [6.45, 7) is 3.27. The maximum atomic E-state index is 5.91. The highest BCUT2D eigenvalue weighted by Crippen LogP contribution is 2.24. The molecule has 2 rings (SSSR count). The quantitative estimate of drug-likeness (QED) is 0.676. The van der Waals surface area contributed by atoms with Crippen LogP contribution in [0.25, 0.3) is 0 Å². The molecule has 1 saturated heterocycles. The normalized spacial score (nSPS) is 18.5. The number of nitrogens with two attached hydrogens (primary N) is 1. The predicted molar refractivity (Wildman–Crippen MR) is 80.1 cm³/mol. The highest BCUT2D eigenvalue weighted by atomic mass is 32.2. The Morgan fingerprint density at radius 3 is 2.44 bits per heavy atom. The maximum Gasteiger partial charge on any atom is 0.0948 e. The summed E-state index contributed by atoms with van der Waals surface area (Å²) in [6, 6.07) is 8.49. The lowest BCUT2D eigenvalue weighted by Gasteiger charge is -2.34. The number of ether oxygens (including phenoxy) is 1. The molecule has 1 aromatic rings. The van der Waals surface area contributed by atoms with Crippen LogP contribution in [0, 0.1) is 0 Å². The molecule has 1 aliphatic rings. The molecule has 0 radical (unpaired) electrons. The molecule has 0 saturated carbocycles. The Morgan fingerprint density at radius 2 is 1.94 bits per heavy atom. The lowest BCUT2D eigenvalue weighted by molar-refractivity contribution is 0.0289. The van der Waals surface area contributed by atoms with Gasteiger partial charge in [0.1, 0.15) is 0 Å². The van der Waals surface area contributed by atoms with Gasteiger partial charge in [-0.3, -0.25) is 4.90 Å². The summed E-state index contributed by atoms with van der Waals surface area (Å²) in [7, 11) is 0. The van der Waals surface area contributed by atoms with Crippen molar-refractivity contribution in [1.82, 2.24) is 4.90 Å². The summed E-state index contributed by atoms with van der Waals surface area (Å²) in [5, 5.41) is 0. The first kappa shape index (κ1) is 13.8. The number of thiocarbonyl (C=S) groups is 1. The van der Waals surface area contributed by atoms with Gasteiger partial charge in [-0.25, -0.2) is 0 Å². The lowest BCUT2D eigenvalue weighted by Crippen LogP contribution is -2.43. The predicted octanol–water partition coefficient (Wildman–Crippen LogP) is 2.07. The van der Waals surface area contributed by atoms with Gasteiger partial charge in [-0.15, -0.1) is 11.8 Å². The summed E-state index contributed by atoms with van der Waals surface area (Å²) in [4.78, 5) is 4.08. The fourth-order valence-corrected chi connectivity index (χ4v) is 2.87. The number of nitrogens with zero attached hydrogens (tertiary/aromatic N) is 1. The van der Waals surface area contributed by atoms with Crippen molar-refractivity contribution in [2.75, 3.05) is 32.6 Å². The van der Waals surface area contributed by atoms with Crippen LogP contribution in [0.5, 0.6) is 0 Å². The van der Waals surface area contributed by atoms with E-state index in [2.05, 4.69) is 35.4 Å². The van der Waals surface area contributed by atoms with Crippen molar-refractivity contribution in [3.8, 4) is 0 Å². The van der Waals surface area contributed by atoms with Crippen molar-refractivity contribution in [3.05, 3.63) is 29.8 Å². The average Bonchev–Trinajstić information content (AvgIpc) is 2.40. The molecule has 2 N–H and O–H groups in total. The minimum Gasteiger partial charge on any atom is -0.392 e. The van der Waals surface area contributed by atoms with Crippen molar-refractivity contribution >= 4 is 29.0 Å². The molecule has 5 heteroatoms. The molecule has 1 fully saturated rings. The molecule has 1 aliphatic heterocycles. The van der Waals surface area contributed by atoms with Gasteiger partial charge in [0.2, 0.25) is 0 Å². The zero-order valence-electron chi connectivity index (χ0n) is 10.5. The minimum absolute atomic E-state index is 0.0276. The van der Waals surface area contributed by atoms with Crippen molar-refractivity contribution in [3.63, 3.8) is 0 Å². The molecule has 0 aliphatic carbocycles. The second kappa shape index (κ2) is 6.52. The van der Waals surface area contributed by atoms with Gasteiger partial charge in [0, 0.05) is 18.0 Å². The lowest BCUT2D eigenvalue weighted by atomic mass is 10.0. The van der Waals surface area contributed by atoms with E-state index < -0.39 is 0 Å². The van der Waals surface area contributed by atoms with Crippen molar-refractivity contribution in [2.24, 2.45) is 5.73 Å². The Kier molecular flexibility index (Phi) is 5.00. The second-order valence-corrected chi connectivity index (χ2v) is 5.58. The number of thioether (sulfide) groups is 1. The van der Waals surface area contributed by atoms with Crippen LogP contribution in [0.1, 0.15) is 11.6 Å². The smallest absolute Gasteiger partial charge is 0.0948 e. The van der Waals surface area contributed by atoms with E-state index in [-0.39, 0.29) is 6.04 Å². The van der Waals surface area contributed by atoms with Crippen LogP contribution in [-0.4, -0.2) is 42.4 Å². The van der Waals surface area contributed by atoms with Crippen LogP contribution in [0.2, 0.25) is 0 Å². The van der Waals surface area contributed by atoms with Crippen LogP contribution in [0.3, 0.4) is 0 Å². The zero-order chi connectivity index (χ0) is 13.0. The van der Waals surface area contributed by atoms with E-state index in [4.69, 9.17) is 22.7 Å². The largest absolute Gasteiger partial charge is 0.392 e. The first-order chi connectivity index (χ1) is 8.72. The van der Waals surface area contributed by atoms with Crippen molar-refractivity contribution in [2.45, 2.75) is 10.9 Å². The Balaban J connectivity index is 2.20. The summed E-state index contributed by atoms with van der Waals surface area (Å²) < 4.78 is 5.37. The third-order valence-electron chi connectivity index (χ3n) is 3.11. The number of hydrogen-bond donors (Lipinski definition) is 1. The average molecular weight is 282 g/mol. The van der Waals surface area contributed by atoms with E-state index in [9.17, 15) is 0 Å². The van der Waals surface area contributed by atoms with E-state index in [1.165, 1.54) is 10.5 Å². The summed E-state index contributed by atoms with van der Waals surface area (Å²) in [5.41, 5.74) is 7.08. The van der Waals surface area contributed by atoms with Gasteiger partial charge in [-0.1, -0.05) is 24.4 Å². The standard InChI is InChI=1S/C13H18N2OS2/c1-18-11-4-2-10(3-5-11)12(13(14)17)15-6-8-16-9-7-15/h2-5,12H,6-9H2,1H3,(H2,14,17). The van der Waals surface area contributed by atoms with Crippen molar-refractivity contribution in [1.29, 1.82) is 0 Å². The van der Waals surface area contributed by atoms with E-state index in [1.807, 2.05) is 0 Å². The van der Waals surface area contributed by atoms with Crippen LogP contribution in [0.15, 0.2) is 29.2 Å². The van der Waals surface area contributed by atoms with Crippen molar-refractivity contribution < 1.29 is 4.74 Å². The highest BCUT2D eigenvalue weighted by molar-refractivity contribution is 7.98. The van der Waals surface area contributed by atoms with Crippen LogP contribution < -0.4 is 5.73 Å². The number of hydrogen-bond acceptors (Lipinski definition) is 4. The number of benzene rings is 1. The Bertz CT molecular complexity index is 402. The first-order valence-electron chi connectivity index (χ1n) is 5.97. The van der Waals surface area contributed by atoms with E-state index in [0.717, 1.165) is 26.3 Å². The minimum atomic E-state index is 0.0276. The summed E-state index contributed by atoms with van der Waals surface area (Å²) >= 11 is 6.97. The summed E-state index contributed by atoms with van der Waals surface area (Å²) in [6.07, 6.45) is 2.07. The SMILES string of the molecule is CSc1ccc(C(C(N)=S)N2CCOCC2)cc1. The van der Waals surface area contributed by atoms with Gasteiger partial charge in [-0.2, -0.15) is 0 Å². The molecular weight excluding hydrogens is 264 g/mol. The summed E-state index contributed by atoms with van der Waals surface area (Å²) in [5.74, 6) is 0. The van der Waals surface area contributed by atoms with Gasteiger partial charge in [-0.05, 0) is 24.0 Å². The Morgan fingerprint density at radius 1 is 1.33 bits per heavy atom. The fraction of sp³-hybridized carbons (Fsp3) is 0.462. The third kappa shape index (κ3) is 3.23. The maximum absolute atomic E-state index is 5.91. The fourth-order valence-electron chi connectivity index (χ4n) is 2.18. The molecule has 0 bridgehead atoms. The molecule has 1 heterocycles. The highest BCUT2D eigenvalue weighted by Gasteiger charge is 2.24. The van der Waals surface area contributed by atoms with Gasteiger partial charge in [0.25, 0.3) is 0 Å². The Hall–Kier alpha value is -0.620. The number of rotatable bonds is 4. The zero-order valence-corrected chi connectivity index (χ0v) is 12.1. The second-order valence-electron chi connectivity index (χ2n) is 4.23. The van der Waals surface area contributed by atoms with Gasteiger partial charge in [0.15, 0.2) is 0 Å². The Labute approximate surface area is 118 Å². The van der Waals surface area contributed by atoms with E-state index in [1.54, 1.807) is 11.8 Å². The van der Waals surface area contributed by atoms with Crippen LogP contribution in [-0.2, 0) is 4.74 Å². The number of morpholine rings is 1. The molecule has 1 aromatic carbocycles. The molecule has 0 amide bonds. The van der Waals surface area contributed by atoms with Crippen LogP contribution in [0.4, 0.5) is 0 Å². The molecule has 3 nitrogen and oxygen atoms in total.